The van der Waals surface area contributed by atoms with E-state index in [0.29, 0.717) is 19.6 Å². The second kappa shape index (κ2) is 34.8. The molecule has 0 saturated carbocycles. The normalized spacial score (nSPS) is 11.7. The molecule has 0 heterocycles. The largest absolute Gasteiger partial charge is 0.462 e. The fourth-order valence-electron chi connectivity index (χ4n) is 5.76. The van der Waals surface area contributed by atoms with Gasteiger partial charge in [0.05, 0.1) is 19.8 Å². The van der Waals surface area contributed by atoms with Gasteiger partial charge in [0.15, 0.2) is 0 Å². The predicted octanol–water partition coefficient (Wildman–Crippen LogP) is 10.4. The molecule has 0 spiro atoms. The van der Waals surface area contributed by atoms with E-state index in [1.165, 1.54) is 135 Å². The Morgan fingerprint density at radius 3 is 1.45 bits per heavy atom. The second-order valence-corrected chi connectivity index (χ2v) is 12.7. The van der Waals surface area contributed by atoms with Gasteiger partial charge in [-0.15, -0.1) is 0 Å². The summed E-state index contributed by atoms with van der Waals surface area (Å²) in [5.74, 6) is 0.0324. The van der Waals surface area contributed by atoms with Gasteiger partial charge in [-0.25, -0.2) is 0 Å². The number of aliphatic hydroxyl groups excluding tert-OH is 1. The van der Waals surface area contributed by atoms with Crippen LogP contribution in [0.25, 0.3) is 0 Å². The Bertz CT molecular complexity index is 514. The molecule has 0 aliphatic rings. The highest BCUT2D eigenvalue weighted by Gasteiger charge is 2.14. The average Bonchev–Trinajstić information content (AvgIpc) is 2.99. The summed E-state index contributed by atoms with van der Waals surface area (Å²) in [4.78, 5) is 15.2. The molecule has 5 heteroatoms. The first-order valence-corrected chi connectivity index (χ1v) is 18.8. The third kappa shape index (κ3) is 30.8. The number of hydrogen-bond donors (Lipinski definition) is 1. The van der Waals surface area contributed by atoms with Crippen LogP contribution in [0.15, 0.2) is 0 Å². The van der Waals surface area contributed by atoms with Crippen LogP contribution in [-0.2, 0) is 14.3 Å². The van der Waals surface area contributed by atoms with E-state index in [0.717, 1.165) is 45.3 Å². The number of carbonyl (C=O) groups is 1. The van der Waals surface area contributed by atoms with Crippen molar-refractivity contribution in [2.24, 2.45) is 0 Å². The van der Waals surface area contributed by atoms with Gasteiger partial charge in [0.25, 0.3) is 0 Å². The van der Waals surface area contributed by atoms with Crippen molar-refractivity contribution in [3.63, 3.8) is 0 Å². The minimum Gasteiger partial charge on any atom is -0.462 e. The molecule has 1 N–H and O–H groups in total. The summed E-state index contributed by atoms with van der Waals surface area (Å²) in [6.07, 6.45) is 32.0. The number of carbonyl (C=O) groups excluding carboxylic acids is 1. The summed E-state index contributed by atoms with van der Waals surface area (Å²) in [6.45, 7) is 11.3. The van der Waals surface area contributed by atoms with Gasteiger partial charge in [-0.3, -0.25) is 4.79 Å². The standard InChI is InChI=1S/C37H75NO4/c1-4-7-10-13-17-22-27-36(28-23-18-14-11-8-5-2)42-37(40)29-24-19-16-21-26-31-38(32-34-41-35-33-39)30-25-20-15-12-9-6-3/h36,39H,4-35H2,1-3H3. The van der Waals surface area contributed by atoms with Gasteiger partial charge in [-0.1, -0.05) is 136 Å². The van der Waals surface area contributed by atoms with Crippen molar-refractivity contribution in [3.8, 4) is 0 Å². The number of rotatable bonds is 35. The Morgan fingerprint density at radius 1 is 0.548 bits per heavy atom. The third-order valence-electron chi connectivity index (χ3n) is 8.53. The molecule has 0 aromatic heterocycles. The minimum absolute atomic E-state index is 0.0324. The van der Waals surface area contributed by atoms with Crippen LogP contribution in [-0.4, -0.2) is 61.5 Å². The molecule has 252 valence electrons. The number of nitrogens with zero attached hydrogens (tertiary/aromatic N) is 1. The van der Waals surface area contributed by atoms with Gasteiger partial charge in [-0.05, 0) is 58.0 Å². The monoisotopic (exact) mass is 598 g/mol. The lowest BCUT2D eigenvalue weighted by Gasteiger charge is -2.22. The van der Waals surface area contributed by atoms with Crippen LogP contribution in [0, 0.1) is 0 Å². The maximum Gasteiger partial charge on any atom is 0.306 e. The Morgan fingerprint density at radius 2 is 0.976 bits per heavy atom. The lowest BCUT2D eigenvalue weighted by atomic mass is 10.0. The number of esters is 1. The molecule has 0 aliphatic heterocycles. The summed E-state index contributed by atoms with van der Waals surface area (Å²) in [5.41, 5.74) is 0. The number of unbranched alkanes of at least 4 members (excludes halogenated alkanes) is 19. The lowest BCUT2D eigenvalue weighted by molar-refractivity contribution is -0.150. The molecule has 0 saturated heterocycles. The zero-order valence-corrected chi connectivity index (χ0v) is 28.8. The zero-order chi connectivity index (χ0) is 30.8. The maximum atomic E-state index is 12.7. The van der Waals surface area contributed by atoms with E-state index in [2.05, 4.69) is 25.7 Å². The van der Waals surface area contributed by atoms with Gasteiger partial charge in [0.2, 0.25) is 0 Å². The van der Waals surface area contributed by atoms with E-state index in [4.69, 9.17) is 14.6 Å². The fraction of sp³-hybridized carbons (Fsp3) is 0.973. The zero-order valence-electron chi connectivity index (χ0n) is 28.8. The topological polar surface area (TPSA) is 59.0 Å². The fourth-order valence-corrected chi connectivity index (χ4v) is 5.76. The molecular formula is C37H75NO4. The quantitative estimate of drug-likeness (QED) is 0.0582. The van der Waals surface area contributed by atoms with E-state index in [9.17, 15) is 4.79 Å². The van der Waals surface area contributed by atoms with E-state index >= 15 is 0 Å². The Hall–Kier alpha value is -0.650. The van der Waals surface area contributed by atoms with Crippen molar-refractivity contribution >= 4 is 5.97 Å². The van der Waals surface area contributed by atoms with Crippen molar-refractivity contribution in [1.29, 1.82) is 0 Å². The highest BCUT2D eigenvalue weighted by atomic mass is 16.5. The SMILES string of the molecule is CCCCCCCCC(CCCCCCCC)OC(=O)CCCCCCCN(CCCCCCCC)CCOCCO. The lowest BCUT2D eigenvalue weighted by Crippen LogP contribution is -2.30. The summed E-state index contributed by atoms with van der Waals surface area (Å²) in [7, 11) is 0. The molecule has 0 unspecified atom stereocenters. The molecule has 0 atom stereocenters. The van der Waals surface area contributed by atoms with Gasteiger partial charge in [0.1, 0.15) is 6.10 Å². The van der Waals surface area contributed by atoms with Crippen LogP contribution in [0.5, 0.6) is 0 Å². The minimum atomic E-state index is 0.0324. The van der Waals surface area contributed by atoms with Crippen molar-refractivity contribution in [3.05, 3.63) is 0 Å². The van der Waals surface area contributed by atoms with Crippen LogP contribution in [0.2, 0.25) is 0 Å². The van der Waals surface area contributed by atoms with Gasteiger partial charge < -0.3 is 19.5 Å². The van der Waals surface area contributed by atoms with Crippen LogP contribution in [0.3, 0.4) is 0 Å². The highest BCUT2D eigenvalue weighted by Crippen LogP contribution is 2.18. The molecule has 5 nitrogen and oxygen atoms in total. The first-order valence-electron chi connectivity index (χ1n) is 18.8. The van der Waals surface area contributed by atoms with Crippen molar-refractivity contribution < 1.29 is 19.4 Å². The van der Waals surface area contributed by atoms with Crippen LogP contribution in [0.4, 0.5) is 0 Å². The molecule has 42 heavy (non-hydrogen) atoms. The van der Waals surface area contributed by atoms with Crippen LogP contribution >= 0.6 is 0 Å². The molecule has 0 bridgehead atoms. The van der Waals surface area contributed by atoms with Crippen molar-refractivity contribution in [1.82, 2.24) is 4.90 Å². The maximum absolute atomic E-state index is 12.7. The Labute approximate surface area is 263 Å². The highest BCUT2D eigenvalue weighted by molar-refractivity contribution is 5.69. The number of aliphatic hydroxyl groups is 1. The van der Waals surface area contributed by atoms with E-state index in [1.54, 1.807) is 0 Å². The van der Waals surface area contributed by atoms with Gasteiger partial charge in [0, 0.05) is 13.0 Å². The van der Waals surface area contributed by atoms with Crippen LogP contribution < -0.4 is 0 Å². The second-order valence-electron chi connectivity index (χ2n) is 12.7. The van der Waals surface area contributed by atoms with Crippen LogP contribution in [0.1, 0.15) is 188 Å². The Balaban J connectivity index is 4.18. The first kappa shape index (κ1) is 41.4. The summed E-state index contributed by atoms with van der Waals surface area (Å²) in [5, 5.41) is 8.96. The average molecular weight is 598 g/mol. The first-order chi connectivity index (χ1) is 20.7. The van der Waals surface area contributed by atoms with E-state index < -0.39 is 0 Å². The summed E-state index contributed by atoms with van der Waals surface area (Å²) < 4.78 is 11.5. The van der Waals surface area contributed by atoms with E-state index in [1.807, 2.05) is 0 Å². The molecule has 0 radical (unpaired) electrons. The van der Waals surface area contributed by atoms with Gasteiger partial charge in [-0.2, -0.15) is 0 Å². The summed E-state index contributed by atoms with van der Waals surface area (Å²) in [6, 6.07) is 0. The predicted molar refractivity (Wildman–Crippen MR) is 181 cm³/mol. The molecule has 0 aromatic rings. The molecule has 0 amide bonds. The molecule has 0 aliphatic carbocycles. The number of hydrogen-bond acceptors (Lipinski definition) is 5. The smallest absolute Gasteiger partial charge is 0.306 e. The number of ether oxygens (including phenoxy) is 2. The summed E-state index contributed by atoms with van der Waals surface area (Å²) >= 11 is 0. The molecule has 0 aromatic carbocycles. The third-order valence-corrected chi connectivity index (χ3v) is 8.53. The van der Waals surface area contributed by atoms with Crippen molar-refractivity contribution in [2.45, 2.75) is 194 Å². The Kier molecular flexibility index (Phi) is 34.3. The van der Waals surface area contributed by atoms with Gasteiger partial charge >= 0.3 is 5.97 Å². The molecule has 0 fully saturated rings. The van der Waals surface area contributed by atoms with Crippen molar-refractivity contribution in [2.75, 3.05) is 39.5 Å². The molecule has 0 rings (SSSR count). The van der Waals surface area contributed by atoms with E-state index in [-0.39, 0.29) is 18.7 Å². The molecular weight excluding hydrogens is 522 g/mol.